The summed E-state index contributed by atoms with van der Waals surface area (Å²) in [7, 11) is -3.11. The lowest BCUT2D eigenvalue weighted by Gasteiger charge is -2.22. The number of nitrogens with zero attached hydrogens (tertiary/aromatic N) is 1. The lowest BCUT2D eigenvalue weighted by atomic mass is 10.1. The number of hydrogen-bond acceptors (Lipinski definition) is 4. The molecular weight excluding hydrogens is 362 g/mol. The highest BCUT2D eigenvalue weighted by Gasteiger charge is 2.18. The molecule has 0 spiro atoms. The highest BCUT2D eigenvalue weighted by molar-refractivity contribution is 7.89. The summed E-state index contributed by atoms with van der Waals surface area (Å²) in [5.74, 6) is 0.524. The number of sulfone groups is 1. The zero-order valence-electron chi connectivity index (χ0n) is 15.0. The van der Waals surface area contributed by atoms with E-state index in [1.54, 1.807) is 41.5 Å². The molecule has 1 aromatic heterocycles. The zero-order valence-corrected chi connectivity index (χ0v) is 15.9. The first-order chi connectivity index (χ1) is 12.9. The van der Waals surface area contributed by atoms with Gasteiger partial charge >= 0.3 is 0 Å². The first kappa shape index (κ1) is 18.9. The molecule has 0 atom stereocenters. The molecule has 2 aromatic carbocycles. The van der Waals surface area contributed by atoms with E-state index in [9.17, 15) is 13.2 Å². The van der Waals surface area contributed by atoms with Crippen LogP contribution in [0, 0.1) is 0 Å². The molecule has 0 saturated carbocycles. The number of hydrogen-bond donors (Lipinski definition) is 0. The van der Waals surface area contributed by atoms with Crippen LogP contribution in [0.15, 0.2) is 77.4 Å². The van der Waals surface area contributed by atoms with Crippen molar-refractivity contribution >= 4 is 15.7 Å². The Bertz CT molecular complexity index is 978. The van der Waals surface area contributed by atoms with Crippen molar-refractivity contribution < 1.29 is 17.6 Å². The highest BCUT2D eigenvalue weighted by atomic mass is 32.2. The standard InChI is InChI=1S/C21H21NO4S/c1-27(24,25)16-18-9-11-19(12-10-18)21(23)22(15-20-8-5-13-26-20)14-17-6-3-2-4-7-17/h2-13H,14-16H2,1H3. The molecule has 5 nitrogen and oxygen atoms in total. The zero-order chi connectivity index (χ0) is 19.3. The Morgan fingerprint density at radius 3 is 2.19 bits per heavy atom. The van der Waals surface area contributed by atoms with Crippen molar-refractivity contribution in [1.29, 1.82) is 0 Å². The lowest BCUT2D eigenvalue weighted by Crippen LogP contribution is -2.30. The molecule has 0 radical (unpaired) electrons. The second-order valence-corrected chi connectivity index (χ2v) is 8.63. The monoisotopic (exact) mass is 383 g/mol. The summed E-state index contributed by atoms with van der Waals surface area (Å²) in [5, 5.41) is 0. The molecule has 0 aliphatic rings. The second-order valence-electron chi connectivity index (χ2n) is 6.49. The van der Waals surface area contributed by atoms with Gasteiger partial charge in [0.25, 0.3) is 5.91 Å². The molecule has 140 valence electrons. The normalized spacial score (nSPS) is 11.3. The Morgan fingerprint density at radius 1 is 0.889 bits per heavy atom. The maximum Gasteiger partial charge on any atom is 0.254 e. The molecule has 27 heavy (non-hydrogen) atoms. The topological polar surface area (TPSA) is 67.6 Å². The van der Waals surface area contributed by atoms with Crippen LogP contribution in [0.25, 0.3) is 0 Å². The van der Waals surface area contributed by atoms with Crippen LogP contribution >= 0.6 is 0 Å². The summed E-state index contributed by atoms with van der Waals surface area (Å²) in [5.41, 5.74) is 2.19. The van der Waals surface area contributed by atoms with Crippen LogP contribution in [0.3, 0.4) is 0 Å². The van der Waals surface area contributed by atoms with Gasteiger partial charge in [0.1, 0.15) is 5.76 Å². The fraction of sp³-hybridized carbons (Fsp3) is 0.190. The van der Waals surface area contributed by atoms with E-state index < -0.39 is 9.84 Å². The van der Waals surface area contributed by atoms with E-state index in [1.807, 2.05) is 36.4 Å². The van der Waals surface area contributed by atoms with Crippen molar-refractivity contribution in [3.63, 3.8) is 0 Å². The molecule has 0 aliphatic carbocycles. The van der Waals surface area contributed by atoms with Gasteiger partial charge in [-0.2, -0.15) is 0 Å². The van der Waals surface area contributed by atoms with E-state index in [-0.39, 0.29) is 11.7 Å². The van der Waals surface area contributed by atoms with Gasteiger partial charge in [0.2, 0.25) is 0 Å². The summed E-state index contributed by atoms with van der Waals surface area (Å²) in [6.45, 7) is 0.803. The van der Waals surface area contributed by atoms with Crippen LogP contribution in [0.4, 0.5) is 0 Å². The third-order valence-corrected chi connectivity index (χ3v) is 4.92. The lowest BCUT2D eigenvalue weighted by molar-refractivity contribution is 0.0717. The molecule has 1 amide bonds. The Labute approximate surface area is 159 Å². The Kier molecular flexibility index (Phi) is 5.76. The summed E-state index contributed by atoms with van der Waals surface area (Å²) in [4.78, 5) is 14.7. The van der Waals surface area contributed by atoms with Crippen molar-refractivity contribution in [2.45, 2.75) is 18.8 Å². The summed E-state index contributed by atoms with van der Waals surface area (Å²) in [6.07, 6.45) is 2.78. The molecule has 6 heteroatoms. The Hall–Kier alpha value is -2.86. The summed E-state index contributed by atoms with van der Waals surface area (Å²) >= 11 is 0. The molecule has 0 bridgehead atoms. The van der Waals surface area contributed by atoms with Gasteiger partial charge in [-0.15, -0.1) is 0 Å². The molecule has 3 aromatic rings. The van der Waals surface area contributed by atoms with Crippen LogP contribution in [0.1, 0.15) is 27.2 Å². The average molecular weight is 383 g/mol. The van der Waals surface area contributed by atoms with Gasteiger partial charge in [0, 0.05) is 18.4 Å². The minimum absolute atomic E-state index is 0.0401. The minimum atomic E-state index is -3.11. The van der Waals surface area contributed by atoms with Crippen LogP contribution in [-0.4, -0.2) is 25.5 Å². The molecule has 0 saturated heterocycles. The molecule has 0 aliphatic heterocycles. The van der Waals surface area contributed by atoms with Gasteiger partial charge < -0.3 is 9.32 Å². The molecule has 1 heterocycles. The van der Waals surface area contributed by atoms with E-state index in [1.165, 1.54) is 6.26 Å². The molecule has 0 fully saturated rings. The van der Waals surface area contributed by atoms with E-state index in [0.717, 1.165) is 5.56 Å². The maximum atomic E-state index is 13.0. The van der Waals surface area contributed by atoms with Crippen molar-refractivity contribution in [1.82, 2.24) is 4.90 Å². The van der Waals surface area contributed by atoms with E-state index in [2.05, 4.69) is 0 Å². The van der Waals surface area contributed by atoms with Crippen LogP contribution in [0.5, 0.6) is 0 Å². The van der Waals surface area contributed by atoms with Crippen molar-refractivity contribution in [2.75, 3.05) is 6.26 Å². The van der Waals surface area contributed by atoms with Crippen LogP contribution < -0.4 is 0 Å². The van der Waals surface area contributed by atoms with Gasteiger partial charge in [-0.25, -0.2) is 8.42 Å². The first-order valence-electron chi connectivity index (χ1n) is 8.53. The summed E-state index contributed by atoms with van der Waals surface area (Å²) in [6, 6.07) is 20.1. The molecule has 3 rings (SSSR count). The predicted octanol–water partition coefficient (Wildman–Crippen LogP) is 3.67. The molecule has 0 unspecified atom stereocenters. The number of carbonyl (C=O) groups excluding carboxylic acids is 1. The fourth-order valence-corrected chi connectivity index (χ4v) is 3.62. The SMILES string of the molecule is CS(=O)(=O)Cc1ccc(C(=O)N(Cc2ccccc2)Cc2ccco2)cc1. The Balaban J connectivity index is 1.81. The third kappa shape index (κ3) is 5.56. The fourth-order valence-electron chi connectivity index (χ4n) is 2.82. The molecule has 0 N–H and O–H groups in total. The van der Waals surface area contributed by atoms with Gasteiger partial charge in [-0.05, 0) is 35.4 Å². The number of benzene rings is 2. The predicted molar refractivity (Wildman–Crippen MR) is 104 cm³/mol. The van der Waals surface area contributed by atoms with Crippen molar-refractivity contribution in [2.24, 2.45) is 0 Å². The maximum absolute atomic E-state index is 13.0. The molecular formula is C21H21NO4S. The van der Waals surface area contributed by atoms with E-state index in [4.69, 9.17) is 4.42 Å². The summed E-state index contributed by atoms with van der Waals surface area (Å²) < 4.78 is 28.2. The van der Waals surface area contributed by atoms with Gasteiger partial charge in [-0.1, -0.05) is 42.5 Å². The van der Waals surface area contributed by atoms with Crippen molar-refractivity contribution in [3.05, 3.63) is 95.4 Å². The second kappa shape index (κ2) is 8.22. The van der Waals surface area contributed by atoms with Crippen LogP contribution in [0.2, 0.25) is 0 Å². The third-order valence-electron chi connectivity index (χ3n) is 4.06. The van der Waals surface area contributed by atoms with Crippen molar-refractivity contribution in [3.8, 4) is 0 Å². The smallest absolute Gasteiger partial charge is 0.254 e. The minimum Gasteiger partial charge on any atom is -0.467 e. The van der Waals surface area contributed by atoms with Gasteiger partial charge in [0.05, 0.1) is 18.6 Å². The van der Waals surface area contributed by atoms with E-state index in [0.29, 0.717) is 30.0 Å². The van der Waals surface area contributed by atoms with Crippen LogP contribution in [-0.2, 0) is 28.7 Å². The van der Waals surface area contributed by atoms with Gasteiger partial charge in [0.15, 0.2) is 9.84 Å². The first-order valence-corrected chi connectivity index (χ1v) is 10.6. The highest BCUT2D eigenvalue weighted by Crippen LogP contribution is 2.16. The largest absolute Gasteiger partial charge is 0.467 e. The average Bonchev–Trinajstić information content (AvgIpc) is 3.14. The number of carbonyl (C=O) groups is 1. The quantitative estimate of drug-likeness (QED) is 0.624. The van der Waals surface area contributed by atoms with E-state index >= 15 is 0 Å². The Morgan fingerprint density at radius 2 is 1.59 bits per heavy atom. The number of amides is 1. The number of furan rings is 1. The van der Waals surface area contributed by atoms with Gasteiger partial charge in [-0.3, -0.25) is 4.79 Å². The number of rotatable bonds is 7.